The molecule has 0 unspecified atom stereocenters. The molecule has 2 rings (SSSR count). The Balaban J connectivity index is 1.97. The first-order valence-corrected chi connectivity index (χ1v) is 6.92. The molecule has 0 spiro atoms. The van der Waals surface area contributed by atoms with Crippen molar-refractivity contribution in [1.82, 2.24) is 19.7 Å². The van der Waals surface area contributed by atoms with Gasteiger partial charge in [0.2, 0.25) is 0 Å². The van der Waals surface area contributed by atoms with E-state index in [4.69, 9.17) is 4.74 Å². The van der Waals surface area contributed by atoms with Crippen LogP contribution in [0.2, 0.25) is 0 Å². The minimum atomic E-state index is 0.419. The van der Waals surface area contributed by atoms with Crippen LogP contribution in [0.3, 0.4) is 0 Å². The third-order valence-corrected chi connectivity index (χ3v) is 3.56. The Morgan fingerprint density at radius 1 is 1.50 bits per heavy atom. The molecule has 18 heavy (non-hydrogen) atoms. The fraction of sp³-hybridized carbons (Fsp3) is 0.846. The van der Waals surface area contributed by atoms with Crippen LogP contribution >= 0.6 is 0 Å². The standard InChI is InChI=1S/C13H24N4O/c1-4-18-9-12-6-5-7-16(12)8-13-15-14-10-17(13)11(2)3/h10-12H,4-9H2,1-3H3/t12-/m0/s1. The van der Waals surface area contributed by atoms with Gasteiger partial charge in [0.25, 0.3) is 0 Å². The van der Waals surface area contributed by atoms with Gasteiger partial charge in [-0.3, -0.25) is 4.90 Å². The van der Waals surface area contributed by atoms with Crippen molar-refractivity contribution in [3.05, 3.63) is 12.2 Å². The van der Waals surface area contributed by atoms with Crippen LogP contribution in [0.5, 0.6) is 0 Å². The predicted molar refractivity (Wildman–Crippen MR) is 70.3 cm³/mol. The Morgan fingerprint density at radius 2 is 2.33 bits per heavy atom. The molecule has 2 heterocycles. The van der Waals surface area contributed by atoms with Crippen molar-refractivity contribution in [2.45, 2.75) is 52.2 Å². The molecule has 1 saturated heterocycles. The van der Waals surface area contributed by atoms with E-state index in [1.807, 2.05) is 6.33 Å². The van der Waals surface area contributed by atoms with Gasteiger partial charge in [0, 0.05) is 18.7 Å². The predicted octanol–water partition coefficient (Wildman–Crippen LogP) is 1.86. The van der Waals surface area contributed by atoms with Gasteiger partial charge in [0.1, 0.15) is 12.2 Å². The Hall–Kier alpha value is -0.940. The molecular formula is C13H24N4O. The summed E-state index contributed by atoms with van der Waals surface area (Å²) in [5.41, 5.74) is 0. The fourth-order valence-electron chi connectivity index (χ4n) is 2.54. The Kier molecular flexibility index (Phi) is 4.72. The topological polar surface area (TPSA) is 43.2 Å². The number of likely N-dealkylation sites (tertiary alicyclic amines) is 1. The van der Waals surface area contributed by atoms with Gasteiger partial charge in [-0.2, -0.15) is 0 Å². The number of nitrogens with zero attached hydrogens (tertiary/aromatic N) is 4. The molecule has 0 aromatic carbocycles. The molecule has 5 heteroatoms. The highest BCUT2D eigenvalue weighted by Gasteiger charge is 2.26. The lowest BCUT2D eigenvalue weighted by molar-refractivity contribution is 0.0807. The summed E-state index contributed by atoms with van der Waals surface area (Å²) in [6, 6.07) is 0.963. The van der Waals surface area contributed by atoms with Crippen LogP contribution < -0.4 is 0 Å². The van der Waals surface area contributed by atoms with Gasteiger partial charge in [-0.15, -0.1) is 10.2 Å². The summed E-state index contributed by atoms with van der Waals surface area (Å²) in [4.78, 5) is 2.47. The monoisotopic (exact) mass is 252 g/mol. The quantitative estimate of drug-likeness (QED) is 0.775. The summed E-state index contributed by atoms with van der Waals surface area (Å²) in [6.45, 7) is 10.0. The molecule has 1 aromatic heterocycles. The molecule has 0 bridgehead atoms. The minimum absolute atomic E-state index is 0.419. The van der Waals surface area contributed by atoms with Crippen molar-refractivity contribution in [3.63, 3.8) is 0 Å². The average Bonchev–Trinajstić information content (AvgIpc) is 2.96. The maximum Gasteiger partial charge on any atom is 0.147 e. The number of aromatic nitrogens is 3. The zero-order chi connectivity index (χ0) is 13.0. The second-order valence-electron chi connectivity index (χ2n) is 5.17. The van der Waals surface area contributed by atoms with Crippen molar-refractivity contribution in [2.75, 3.05) is 19.8 Å². The van der Waals surface area contributed by atoms with E-state index in [2.05, 4.69) is 40.4 Å². The van der Waals surface area contributed by atoms with Crippen molar-refractivity contribution < 1.29 is 4.74 Å². The van der Waals surface area contributed by atoms with Crippen LogP contribution in [0.15, 0.2) is 6.33 Å². The number of rotatable bonds is 6. The van der Waals surface area contributed by atoms with Gasteiger partial charge in [0.05, 0.1) is 13.2 Å². The summed E-state index contributed by atoms with van der Waals surface area (Å²) in [6.07, 6.45) is 4.32. The van der Waals surface area contributed by atoms with Gasteiger partial charge in [-0.05, 0) is 40.2 Å². The van der Waals surface area contributed by atoms with Crippen molar-refractivity contribution in [3.8, 4) is 0 Å². The van der Waals surface area contributed by atoms with E-state index >= 15 is 0 Å². The van der Waals surface area contributed by atoms with Crippen LogP contribution in [0.4, 0.5) is 0 Å². The van der Waals surface area contributed by atoms with E-state index in [0.29, 0.717) is 12.1 Å². The molecule has 0 N–H and O–H groups in total. The highest BCUT2D eigenvalue weighted by atomic mass is 16.5. The highest BCUT2D eigenvalue weighted by Crippen LogP contribution is 2.20. The third-order valence-electron chi connectivity index (χ3n) is 3.56. The normalized spacial score (nSPS) is 21.0. The Bertz CT molecular complexity index is 364. The molecule has 1 aromatic rings. The van der Waals surface area contributed by atoms with Gasteiger partial charge in [-0.1, -0.05) is 0 Å². The largest absolute Gasteiger partial charge is 0.380 e. The molecule has 0 radical (unpaired) electrons. The summed E-state index contributed by atoms with van der Waals surface area (Å²) in [5.74, 6) is 1.06. The Labute approximate surface area is 109 Å². The maximum atomic E-state index is 5.56. The van der Waals surface area contributed by atoms with Gasteiger partial charge in [0.15, 0.2) is 0 Å². The first-order valence-electron chi connectivity index (χ1n) is 6.92. The molecule has 0 amide bonds. The molecular weight excluding hydrogens is 228 g/mol. The lowest BCUT2D eigenvalue weighted by Crippen LogP contribution is -2.33. The summed E-state index contributed by atoms with van der Waals surface area (Å²) in [5, 5.41) is 8.27. The van der Waals surface area contributed by atoms with Crippen molar-refractivity contribution in [1.29, 1.82) is 0 Å². The molecule has 1 aliphatic heterocycles. The van der Waals surface area contributed by atoms with Crippen LogP contribution in [-0.2, 0) is 11.3 Å². The molecule has 5 nitrogen and oxygen atoms in total. The zero-order valence-electron chi connectivity index (χ0n) is 11.7. The van der Waals surface area contributed by atoms with Gasteiger partial charge in [-0.25, -0.2) is 0 Å². The van der Waals surface area contributed by atoms with E-state index < -0.39 is 0 Å². The summed E-state index contributed by atoms with van der Waals surface area (Å²) in [7, 11) is 0. The maximum absolute atomic E-state index is 5.56. The number of hydrogen-bond donors (Lipinski definition) is 0. The average molecular weight is 252 g/mol. The summed E-state index contributed by atoms with van der Waals surface area (Å²) < 4.78 is 7.71. The number of hydrogen-bond acceptors (Lipinski definition) is 4. The van der Waals surface area contributed by atoms with Gasteiger partial charge < -0.3 is 9.30 Å². The van der Waals surface area contributed by atoms with Crippen LogP contribution in [0, 0.1) is 0 Å². The number of ether oxygens (including phenoxy) is 1. The SMILES string of the molecule is CCOC[C@@H]1CCCN1Cc1nncn1C(C)C. The first-order chi connectivity index (χ1) is 8.72. The second-order valence-corrected chi connectivity index (χ2v) is 5.17. The smallest absolute Gasteiger partial charge is 0.147 e. The molecule has 0 saturated carbocycles. The van der Waals surface area contributed by atoms with Crippen molar-refractivity contribution in [2.24, 2.45) is 0 Å². The molecule has 1 fully saturated rings. The first kappa shape index (κ1) is 13.5. The van der Waals surface area contributed by atoms with Crippen LogP contribution in [0.25, 0.3) is 0 Å². The fourth-order valence-corrected chi connectivity index (χ4v) is 2.54. The van der Waals surface area contributed by atoms with Crippen LogP contribution in [0.1, 0.15) is 45.5 Å². The van der Waals surface area contributed by atoms with E-state index in [-0.39, 0.29) is 0 Å². The molecule has 1 aliphatic rings. The summed E-state index contributed by atoms with van der Waals surface area (Å²) >= 11 is 0. The third kappa shape index (κ3) is 3.09. The van der Waals surface area contributed by atoms with Gasteiger partial charge >= 0.3 is 0 Å². The van der Waals surface area contributed by atoms with E-state index in [1.54, 1.807) is 0 Å². The van der Waals surface area contributed by atoms with E-state index in [9.17, 15) is 0 Å². The van der Waals surface area contributed by atoms with Crippen molar-refractivity contribution >= 4 is 0 Å². The van der Waals surface area contributed by atoms with E-state index in [1.165, 1.54) is 12.8 Å². The Morgan fingerprint density at radius 3 is 3.06 bits per heavy atom. The minimum Gasteiger partial charge on any atom is -0.380 e. The van der Waals surface area contributed by atoms with E-state index in [0.717, 1.165) is 32.1 Å². The highest BCUT2D eigenvalue weighted by molar-refractivity contribution is 4.91. The lowest BCUT2D eigenvalue weighted by Gasteiger charge is -2.24. The molecule has 1 atom stereocenters. The zero-order valence-corrected chi connectivity index (χ0v) is 11.7. The molecule has 102 valence electrons. The molecule has 0 aliphatic carbocycles. The van der Waals surface area contributed by atoms with Crippen LogP contribution in [-0.4, -0.2) is 45.5 Å². The lowest BCUT2D eigenvalue weighted by atomic mass is 10.2. The second kappa shape index (κ2) is 6.29.